The molecule has 2 amide bonds. The molecule has 0 spiro atoms. The molecule has 2 aliphatic carbocycles. The van der Waals surface area contributed by atoms with Gasteiger partial charge < -0.3 is 20.7 Å². The first kappa shape index (κ1) is 50.4. The minimum absolute atomic E-state index is 0.102. The number of halogens is 1. The first-order chi connectivity index (χ1) is 34.6. The summed E-state index contributed by atoms with van der Waals surface area (Å²) in [5.74, 6) is 0.240. The van der Waals surface area contributed by atoms with Gasteiger partial charge in [0.1, 0.15) is 23.8 Å². The maximum atomic E-state index is 13.7. The fourth-order valence-electron chi connectivity index (χ4n) is 7.36. The number of sulfonamides is 2. The SMILES string of the molecule is CNC(=O)c1ccc(-c2cnn3ccc(S(=O)(=O)N(c4ccc(C#N)cn4)C4CC4)cc23)cc1.CNC(=O)c1ccc(B(O)O)cc1.N#Cc1ccc(N(C2CC2)S(=O)(=O)c2ccn3ncc(Br)c3c2)nc1. The maximum Gasteiger partial charge on any atom is 0.488 e. The van der Waals surface area contributed by atoms with Crippen molar-refractivity contribution >= 4 is 83.0 Å². The Hall–Kier alpha value is -8.00. The van der Waals surface area contributed by atoms with E-state index in [2.05, 4.69) is 46.7 Å². The minimum Gasteiger partial charge on any atom is -0.423 e. The largest absolute Gasteiger partial charge is 0.488 e. The second-order valence-corrected chi connectivity index (χ2v) is 20.7. The molecule has 2 fully saturated rings. The summed E-state index contributed by atoms with van der Waals surface area (Å²) in [6, 6.07) is 29.3. The fraction of sp³-hybridized carbons (Fsp3) is 0.167. The van der Waals surface area contributed by atoms with Gasteiger partial charge in [0.15, 0.2) is 0 Å². The summed E-state index contributed by atoms with van der Waals surface area (Å²) in [5.41, 5.74) is 4.99. The van der Waals surface area contributed by atoms with Gasteiger partial charge in [0.25, 0.3) is 31.9 Å². The Balaban J connectivity index is 0.000000159. The van der Waals surface area contributed by atoms with E-state index in [1.165, 1.54) is 64.4 Å². The predicted octanol–water partition coefficient (Wildman–Crippen LogP) is 4.43. The number of aromatic nitrogens is 6. The Morgan fingerprint density at radius 2 is 1.10 bits per heavy atom. The molecule has 0 radical (unpaired) electrons. The Morgan fingerprint density at radius 3 is 1.51 bits per heavy atom. The van der Waals surface area contributed by atoms with Gasteiger partial charge in [-0.15, -0.1) is 0 Å². The number of hydrogen-bond donors (Lipinski definition) is 4. The minimum atomic E-state index is -3.91. The number of nitrogens with one attached hydrogen (secondary N) is 2. The number of rotatable bonds is 12. The van der Waals surface area contributed by atoms with E-state index in [1.807, 2.05) is 12.1 Å². The molecule has 8 aromatic rings. The smallest absolute Gasteiger partial charge is 0.423 e. The first-order valence-corrected chi connectivity index (χ1v) is 25.7. The van der Waals surface area contributed by atoms with Crippen molar-refractivity contribution in [2.75, 3.05) is 22.7 Å². The average Bonchev–Trinajstić information content (AvgIpc) is 4.35. The molecule has 0 aliphatic heterocycles. The van der Waals surface area contributed by atoms with Gasteiger partial charge in [-0.1, -0.05) is 24.3 Å². The lowest BCUT2D eigenvalue weighted by Gasteiger charge is -2.23. The summed E-state index contributed by atoms with van der Waals surface area (Å²) < 4.78 is 60.4. The lowest BCUT2D eigenvalue weighted by Crippen LogP contribution is -2.33. The van der Waals surface area contributed by atoms with Gasteiger partial charge in [0.2, 0.25) is 0 Å². The lowest BCUT2D eigenvalue weighted by molar-refractivity contribution is 0.0955. The molecule has 0 unspecified atom stereocenters. The molecule has 2 aromatic carbocycles. The highest BCUT2D eigenvalue weighted by Crippen LogP contribution is 2.38. The van der Waals surface area contributed by atoms with Crippen LogP contribution in [0.25, 0.3) is 22.2 Å². The molecule has 10 rings (SSSR count). The number of nitriles is 2. The second-order valence-electron chi connectivity index (χ2n) is 16.3. The molecule has 2 aliphatic rings. The summed E-state index contributed by atoms with van der Waals surface area (Å²) in [5, 5.41) is 49.0. The predicted molar refractivity (Wildman–Crippen MR) is 270 cm³/mol. The number of carbonyl (C=O) groups is 2. The van der Waals surface area contributed by atoms with Crippen LogP contribution in [0.3, 0.4) is 0 Å². The summed E-state index contributed by atoms with van der Waals surface area (Å²) in [6.07, 6.45) is 12.4. The Morgan fingerprint density at radius 1 is 0.653 bits per heavy atom. The van der Waals surface area contributed by atoms with Crippen LogP contribution in [-0.2, 0) is 20.0 Å². The Bertz CT molecular complexity index is 3620. The van der Waals surface area contributed by atoms with Crippen LogP contribution in [0.15, 0.2) is 149 Å². The van der Waals surface area contributed by atoms with Crippen LogP contribution in [0.1, 0.15) is 57.5 Å². The van der Waals surface area contributed by atoms with Crippen LogP contribution in [-0.4, -0.2) is 101 Å². The molecule has 24 heteroatoms. The lowest BCUT2D eigenvalue weighted by atomic mass is 9.80. The van der Waals surface area contributed by atoms with E-state index in [0.29, 0.717) is 50.4 Å². The van der Waals surface area contributed by atoms with Gasteiger partial charge >= 0.3 is 7.12 Å². The molecule has 0 bridgehead atoms. The van der Waals surface area contributed by atoms with Gasteiger partial charge in [0.05, 0.1) is 48.8 Å². The zero-order valence-corrected chi connectivity index (χ0v) is 41.5. The monoisotopic (exact) mass is 1070 g/mol. The van der Waals surface area contributed by atoms with Crippen LogP contribution >= 0.6 is 15.9 Å². The van der Waals surface area contributed by atoms with E-state index in [-0.39, 0.29) is 33.7 Å². The normalized spacial score (nSPS) is 13.0. The summed E-state index contributed by atoms with van der Waals surface area (Å²) in [6.45, 7) is 0. The van der Waals surface area contributed by atoms with Gasteiger partial charge in [-0.2, -0.15) is 20.7 Å². The van der Waals surface area contributed by atoms with E-state index in [9.17, 15) is 26.4 Å². The third kappa shape index (κ3) is 10.8. The molecule has 0 saturated heterocycles. The van der Waals surface area contributed by atoms with Crippen molar-refractivity contribution in [1.82, 2.24) is 39.8 Å². The van der Waals surface area contributed by atoms with Crippen LogP contribution in [0.4, 0.5) is 11.6 Å². The molecule has 72 heavy (non-hydrogen) atoms. The van der Waals surface area contributed by atoms with E-state index < -0.39 is 27.2 Å². The Labute approximate surface area is 422 Å². The topological polar surface area (TPSA) is 281 Å². The summed E-state index contributed by atoms with van der Waals surface area (Å²) >= 11 is 3.37. The first-order valence-electron chi connectivity index (χ1n) is 22.0. The van der Waals surface area contributed by atoms with Crippen molar-refractivity contribution in [3.8, 4) is 23.3 Å². The van der Waals surface area contributed by atoms with Crippen LogP contribution in [0.5, 0.6) is 0 Å². The van der Waals surface area contributed by atoms with Gasteiger partial charge in [-0.25, -0.2) is 44.4 Å². The van der Waals surface area contributed by atoms with E-state index in [0.717, 1.165) is 41.3 Å². The number of carbonyl (C=O) groups excluding carboxylic acids is 2. The van der Waals surface area contributed by atoms with Gasteiger partial charge in [-0.05, 0) is 125 Å². The summed E-state index contributed by atoms with van der Waals surface area (Å²) in [4.78, 5) is 31.6. The number of hydrogen-bond acceptors (Lipinski definition) is 14. The summed E-state index contributed by atoms with van der Waals surface area (Å²) in [7, 11) is -6.05. The second kappa shape index (κ2) is 21.2. The molecule has 6 heterocycles. The van der Waals surface area contributed by atoms with Crippen molar-refractivity contribution in [3.63, 3.8) is 0 Å². The van der Waals surface area contributed by atoms with Crippen molar-refractivity contribution in [2.45, 2.75) is 47.6 Å². The van der Waals surface area contributed by atoms with Crippen LogP contribution in [0, 0.1) is 22.7 Å². The van der Waals surface area contributed by atoms with Gasteiger partial charge in [-0.3, -0.25) is 9.59 Å². The zero-order valence-electron chi connectivity index (χ0n) is 38.3. The van der Waals surface area contributed by atoms with E-state index >= 15 is 0 Å². The average molecular weight is 1070 g/mol. The van der Waals surface area contributed by atoms with Crippen molar-refractivity contribution < 1.29 is 36.5 Å². The molecule has 364 valence electrons. The third-order valence-electron chi connectivity index (χ3n) is 11.4. The van der Waals surface area contributed by atoms with Crippen molar-refractivity contribution in [2.24, 2.45) is 0 Å². The molecule has 20 nitrogen and oxygen atoms in total. The maximum absolute atomic E-state index is 13.7. The van der Waals surface area contributed by atoms with Crippen LogP contribution in [0.2, 0.25) is 0 Å². The number of nitrogens with zero attached hydrogens (tertiary/aromatic N) is 10. The molecule has 6 aromatic heterocycles. The number of amides is 2. The number of fused-ring (bicyclic) bond motifs is 2. The molecular weight excluding hydrogens is 1030 g/mol. The van der Waals surface area contributed by atoms with Crippen molar-refractivity contribution in [1.29, 1.82) is 10.5 Å². The third-order valence-corrected chi connectivity index (χ3v) is 15.7. The van der Waals surface area contributed by atoms with Crippen molar-refractivity contribution in [3.05, 3.63) is 161 Å². The highest BCUT2D eigenvalue weighted by atomic mass is 79.9. The highest BCUT2D eigenvalue weighted by molar-refractivity contribution is 9.10. The number of pyridine rings is 4. The molecule has 4 N–H and O–H groups in total. The van der Waals surface area contributed by atoms with E-state index in [4.69, 9.17) is 20.6 Å². The number of benzene rings is 2. The van der Waals surface area contributed by atoms with E-state index in [1.54, 1.807) is 102 Å². The quantitative estimate of drug-likeness (QED) is 0.123. The van der Waals surface area contributed by atoms with Gasteiger partial charge in [0, 0.05) is 67.7 Å². The molecular formula is C48H42BBrN12O8S2. The molecule has 0 atom stereocenters. The molecule has 2 saturated carbocycles. The Kier molecular flexibility index (Phi) is 14.8. The zero-order chi connectivity index (χ0) is 51.3. The highest BCUT2D eigenvalue weighted by Gasteiger charge is 2.40. The standard InChI is InChI=1S/C24H20N6O3S.C16H12BrN5O2S.C8H10BNO3/c1-26-24(31)18-5-3-17(4-6-18)21-15-28-29-11-10-20(12-22(21)29)34(32,33)30(19-7-8-19)23-9-2-16(13-25)14-27-23;17-14-10-20-21-6-5-13(7-15(14)21)25(23,24)22(12-2-3-12)16-4-1-11(8-18)9-19-16;1-10-8(11)6-2-4-7(5-3-6)9(12)13/h2-6,9-12,14-15,19H,7-8H2,1H3,(H,26,31);1,4-7,9-10,12H,2-3H2;2-5,12-13H,1H3,(H,10,11). The number of anilines is 2. The van der Waals surface area contributed by atoms with Crippen LogP contribution < -0.4 is 24.7 Å². The fourth-order valence-corrected chi connectivity index (χ4v) is 11.1.